The molecule has 4 nitrogen and oxygen atoms in total. The summed E-state index contributed by atoms with van der Waals surface area (Å²) in [6, 6.07) is 8.66. The molecule has 1 atom stereocenters. The van der Waals surface area contributed by atoms with E-state index in [0.717, 1.165) is 0 Å². The third-order valence-electron chi connectivity index (χ3n) is 1.87. The summed E-state index contributed by atoms with van der Waals surface area (Å²) in [5.41, 5.74) is 6.12. The van der Waals surface area contributed by atoms with Gasteiger partial charge < -0.3 is 0 Å². The first-order chi connectivity index (χ1) is 5.56. The van der Waals surface area contributed by atoms with Crippen LogP contribution in [-0.4, -0.2) is 8.42 Å². The molecule has 1 aliphatic heterocycles. The number of nitrogens with two attached hydrogens (primary N) is 1. The first kappa shape index (κ1) is 7.72. The number of benzene rings is 1. The summed E-state index contributed by atoms with van der Waals surface area (Å²) >= 11 is 0. The van der Waals surface area contributed by atoms with Crippen LogP contribution < -0.4 is 10.5 Å². The summed E-state index contributed by atoms with van der Waals surface area (Å²) in [6.45, 7) is 0. The fourth-order valence-electron chi connectivity index (χ4n) is 1.08. The molecule has 3 N–H and O–H groups in total. The van der Waals surface area contributed by atoms with Gasteiger partial charge in [-0.1, -0.05) is 30.3 Å². The van der Waals surface area contributed by atoms with E-state index in [-0.39, 0.29) is 0 Å². The van der Waals surface area contributed by atoms with Crippen molar-refractivity contribution in [3.63, 3.8) is 0 Å². The Labute approximate surface area is 70.4 Å². The summed E-state index contributed by atoms with van der Waals surface area (Å²) < 4.78 is 24.2. The Morgan fingerprint density at radius 3 is 2.17 bits per heavy atom. The molecule has 2 rings (SSSR count). The molecule has 1 unspecified atom stereocenters. The van der Waals surface area contributed by atoms with Gasteiger partial charge in [0.2, 0.25) is 4.99 Å². The van der Waals surface area contributed by atoms with Gasteiger partial charge in [-0.05, 0) is 0 Å². The topological polar surface area (TPSA) is 82.1 Å². The van der Waals surface area contributed by atoms with Gasteiger partial charge in [-0.15, -0.1) is 0 Å². The Balaban J connectivity index is 2.48. The van der Waals surface area contributed by atoms with E-state index in [1.807, 2.05) is 6.07 Å². The molecule has 0 spiro atoms. The van der Waals surface area contributed by atoms with Crippen LogP contribution in [0.3, 0.4) is 0 Å². The second-order valence-corrected chi connectivity index (χ2v) is 4.56. The average Bonchev–Trinajstić information content (AvgIpc) is 2.55. The summed E-state index contributed by atoms with van der Waals surface area (Å²) in [5.74, 6) is 0. The van der Waals surface area contributed by atoms with Crippen molar-refractivity contribution in [2.75, 3.05) is 0 Å². The van der Waals surface area contributed by atoms with Crippen molar-refractivity contribution in [3.05, 3.63) is 35.9 Å². The van der Waals surface area contributed by atoms with Crippen molar-refractivity contribution in [2.45, 2.75) is 4.99 Å². The molecule has 64 valence electrons. The molecule has 0 aromatic heterocycles. The Kier molecular flexibility index (Phi) is 1.33. The highest BCUT2D eigenvalue weighted by atomic mass is 32.2. The van der Waals surface area contributed by atoms with Crippen LogP contribution >= 0.6 is 0 Å². The lowest BCUT2D eigenvalue weighted by Crippen LogP contribution is -2.25. The van der Waals surface area contributed by atoms with Crippen molar-refractivity contribution >= 4 is 10.0 Å². The molecule has 0 saturated carbocycles. The summed E-state index contributed by atoms with van der Waals surface area (Å²) in [7, 11) is -3.28. The first-order valence-electron chi connectivity index (χ1n) is 3.44. The smallest absolute Gasteiger partial charge is 0.252 e. The van der Waals surface area contributed by atoms with Crippen molar-refractivity contribution < 1.29 is 8.42 Å². The maximum Gasteiger partial charge on any atom is 0.252 e. The molecule has 1 aliphatic rings. The molecule has 12 heavy (non-hydrogen) atoms. The molecular weight excluding hydrogens is 176 g/mol. The van der Waals surface area contributed by atoms with Crippen LogP contribution in [0.1, 0.15) is 5.56 Å². The number of nitrogens with one attached hydrogen (secondary N) is 1. The van der Waals surface area contributed by atoms with E-state index >= 15 is 0 Å². The second-order valence-electron chi connectivity index (χ2n) is 2.71. The maximum absolute atomic E-state index is 11.0. The fraction of sp³-hybridized carbons (Fsp3) is 0.143. The zero-order valence-corrected chi connectivity index (χ0v) is 7.01. The molecule has 0 aliphatic carbocycles. The number of rotatable bonds is 1. The van der Waals surface area contributed by atoms with E-state index in [9.17, 15) is 8.42 Å². The van der Waals surface area contributed by atoms with Gasteiger partial charge in [-0.25, -0.2) is 8.42 Å². The minimum atomic E-state index is -3.28. The van der Waals surface area contributed by atoms with Gasteiger partial charge in [0, 0.05) is 5.56 Å². The quantitative estimate of drug-likeness (QED) is 0.587. The highest BCUT2D eigenvalue weighted by Gasteiger charge is 2.59. The molecule has 0 bridgehead atoms. The summed E-state index contributed by atoms with van der Waals surface area (Å²) in [5, 5.41) is 0. The largest absolute Gasteiger partial charge is 0.295 e. The van der Waals surface area contributed by atoms with Gasteiger partial charge in [0.25, 0.3) is 10.0 Å². The van der Waals surface area contributed by atoms with Gasteiger partial charge in [0.1, 0.15) is 0 Å². The van der Waals surface area contributed by atoms with E-state index in [2.05, 4.69) is 4.72 Å². The molecule has 0 amide bonds. The van der Waals surface area contributed by atoms with Crippen LogP contribution in [-0.2, 0) is 15.0 Å². The van der Waals surface area contributed by atoms with Gasteiger partial charge in [0.05, 0.1) is 0 Å². The van der Waals surface area contributed by atoms with E-state index in [1.54, 1.807) is 24.3 Å². The van der Waals surface area contributed by atoms with Crippen LogP contribution in [0.2, 0.25) is 0 Å². The van der Waals surface area contributed by atoms with Crippen LogP contribution in [0, 0.1) is 0 Å². The molecule has 1 fully saturated rings. The van der Waals surface area contributed by atoms with Gasteiger partial charge >= 0.3 is 0 Å². The number of sulfonamides is 1. The van der Waals surface area contributed by atoms with Crippen LogP contribution in [0.5, 0.6) is 0 Å². The lowest BCUT2D eigenvalue weighted by Gasteiger charge is -2.01. The molecule has 1 saturated heterocycles. The lowest BCUT2D eigenvalue weighted by atomic mass is 10.2. The minimum Gasteiger partial charge on any atom is -0.295 e. The Bertz CT molecular complexity index is 401. The Morgan fingerprint density at radius 1 is 1.25 bits per heavy atom. The monoisotopic (exact) mass is 184 g/mol. The van der Waals surface area contributed by atoms with E-state index in [0.29, 0.717) is 5.56 Å². The minimum absolute atomic E-state index is 0.574. The standard InChI is InChI=1S/C7H8N2O2S/c8-7(9-12(7,10)11)6-4-2-1-3-5-6/h1-5,9H,8H2. The first-order valence-corrected chi connectivity index (χ1v) is 4.92. The molecule has 1 heterocycles. The third kappa shape index (κ3) is 0.874. The molecule has 5 heteroatoms. The predicted octanol–water partition coefficient (Wildman–Crippen LogP) is -0.311. The second kappa shape index (κ2) is 2.07. The maximum atomic E-state index is 11.0. The highest BCUT2D eigenvalue weighted by Crippen LogP contribution is 2.33. The Morgan fingerprint density at radius 2 is 1.75 bits per heavy atom. The Hall–Kier alpha value is -0.910. The van der Waals surface area contributed by atoms with Crippen LogP contribution in [0.4, 0.5) is 0 Å². The highest BCUT2D eigenvalue weighted by molar-refractivity contribution is 7.96. The molecular formula is C7H8N2O2S. The normalized spacial score (nSPS) is 31.4. The van der Waals surface area contributed by atoms with E-state index < -0.39 is 15.0 Å². The van der Waals surface area contributed by atoms with Crippen LogP contribution in [0.25, 0.3) is 0 Å². The van der Waals surface area contributed by atoms with Gasteiger partial charge in [-0.2, -0.15) is 4.72 Å². The molecule has 0 radical (unpaired) electrons. The zero-order chi connectivity index (χ0) is 8.82. The van der Waals surface area contributed by atoms with Gasteiger partial charge in [-0.3, -0.25) is 5.73 Å². The van der Waals surface area contributed by atoms with E-state index in [4.69, 9.17) is 5.73 Å². The zero-order valence-electron chi connectivity index (χ0n) is 6.19. The molecule has 1 aromatic rings. The van der Waals surface area contributed by atoms with E-state index in [1.165, 1.54) is 0 Å². The van der Waals surface area contributed by atoms with Crippen molar-refractivity contribution in [3.8, 4) is 0 Å². The fourth-order valence-corrected chi connectivity index (χ4v) is 2.20. The number of hydrogen-bond acceptors (Lipinski definition) is 3. The van der Waals surface area contributed by atoms with Crippen LogP contribution in [0.15, 0.2) is 30.3 Å². The van der Waals surface area contributed by atoms with Crippen molar-refractivity contribution in [1.29, 1.82) is 0 Å². The van der Waals surface area contributed by atoms with Crippen molar-refractivity contribution in [1.82, 2.24) is 4.72 Å². The third-order valence-corrected chi connectivity index (χ3v) is 3.44. The summed E-state index contributed by atoms with van der Waals surface area (Å²) in [6.07, 6.45) is 0. The molecule has 1 aromatic carbocycles. The predicted molar refractivity (Wildman–Crippen MR) is 44.4 cm³/mol. The van der Waals surface area contributed by atoms with Gasteiger partial charge in [0.15, 0.2) is 0 Å². The number of hydrogen-bond donors (Lipinski definition) is 2. The average molecular weight is 184 g/mol. The van der Waals surface area contributed by atoms with Crippen molar-refractivity contribution in [2.24, 2.45) is 5.73 Å². The summed E-state index contributed by atoms with van der Waals surface area (Å²) in [4.78, 5) is -1.34. The SMILES string of the molecule is NC1(c2ccccc2)NS1(=O)=O. The lowest BCUT2D eigenvalue weighted by molar-refractivity contribution is 0.603.